The Hall–Kier alpha value is -3.67. The Labute approximate surface area is 187 Å². The summed E-state index contributed by atoms with van der Waals surface area (Å²) in [5, 5.41) is 22.6. The maximum absolute atomic E-state index is 11.1. The molecule has 32 heavy (non-hydrogen) atoms. The van der Waals surface area contributed by atoms with E-state index in [-0.39, 0.29) is 11.8 Å². The predicted molar refractivity (Wildman–Crippen MR) is 125 cm³/mol. The first kappa shape index (κ1) is 21.6. The van der Waals surface area contributed by atoms with Crippen molar-refractivity contribution >= 4 is 17.4 Å². The van der Waals surface area contributed by atoms with Crippen LogP contribution in [0.25, 0.3) is 0 Å². The predicted octanol–water partition coefficient (Wildman–Crippen LogP) is 4.62. The van der Waals surface area contributed by atoms with Gasteiger partial charge in [0.05, 0.1) is 11.6 Å². The zero-order valence-electron chi connectivity index (χ0n) is 18.3. The van der Waals surface area contributed by atoms with Crippen LogP contribution in [0, 0.1) is 19.8 Å². The van der Waals surface area contributed by atoms with Gasteiger partial charge in [-0.3, -0.25) is 9.78 Å². The summed E-state index contributed by atoms with van der Waals surface area (Å²) >= 11 is 0. The van der Waals surface area contributed by atoms with Crippen LogP contribution in [0.15, 0.2) is 72.0 Å². The molecule has 0 unspecified atom stereocenters. The number of pyridine rings is 1. The molecule has 1 fully saturated rings. The highest BCUT2D eigenvalue weighted by Crippen LogP contribution is 2.34. The van der Waals surface area contributed by atoms with Gasteiger partial charge in [-0.1, -0.05) is 41.6 Å². The molecule has 1 atom stereocenters. The lowest BCUT2D eigenvalue weighted by Crippen LogP contribution is -2.50. The van der Waals surface area contributed by atoms with E-state index in [4.69, 9.17) is 5.11 Å². The van der Waals surface area contributed by atoms with Gasteiger partial charge in [0.1, 0.15) is 0 Å². The van der Waals surface area contributed by atoms with Gasteiger partial charge in [0.2, 0.25) is 0 Å². The molecule has 3 aromatic rings. The van der Waals surface area contributed by atoms with Crippen molar-refractivity contribution < 1.29 is 15.1 Å². The van der Waals surface area contributed by atoms with E-state index in [0.29, 0.717) is 25.2 Å². The number of hydrogen-bond donors (Lipinski definition) is 2. The summed E-state index contributed by atoms with van der Waals surface area (Å²) < 4.78 is 0. The second-order valence-electron chi connectivity index (χ2n) is 8.38. The molecule has 164 valence electrons. The van der Waals surface area contributed by atoms with Gasteiger partial charge in [-0.2, -0.15) is 0 Å². The third-order valence-electron chi connectivity index (χ3n) is 6.20. The number of nitrogens with zero attached hydrogens (tertiary/aromatic N) is 3. The summed E-state index contributed by atoms with van der Waals surface area (Å²) in [6, 6.07) is 20.3. The minimum Gasteiger partial charge on any atom is -0.481 e. The number of benzene rings is 2. The van der Waals surface area contributed by atoms with Gasteiger partial charge in [0, 0.05) is 48.6 Å². The van der Waals surface area contributed by atoms with Gasteiger partial charge in [-0.15, -0.1) is 0 Å². The van der Waals surface area contributed by atoms with Crippen LogP contribution in [0.2, 0.25) is 0 Å². The first-order valence-electron chi connectivity index (χ1n) is 10.7. The van der Waals surface area contributed by atoms with E-state index < -0.39 is 5.97 Å². The van der Waals surface area contributed by atoms with Crippen molar-refractivity contribution in [3.63, 3.8) is 0 Å². The van der Waals surface area contributed by atoms with Crippen molar-refractivity contribution in [1.82, 2.24) is 4.98 Å². The van der Waals surface area contributed by atoms with Crippen molar-refractivity contribution in [3.8, 4) is 0 Å². The number of rotatable bonds is 7. The number of carboxylic acids is 1. The number of oxime groups is 1. The summed E-state index contributed by atoms with van der Waals surface area (Å²) in [4.78, 5) is 17.4. The van der Waals surface area contributed by atoms with Crippen molar-refractivity contribution in [3.05, 3.63) is 94.8 Å². The first-order valence-corrected chi connectivity index (χ1v) is 10.7. The molecule has 4 rings (SSSR count). The lowest BCUT2D eigenvalue weighted by atomic mass is 9.83. The number of hydrogen-bond acceptors (Lipinski definition) is 5. The normalized spacial score (nSPS) is 15.3. The Morgan fingerprint density at radius 1 is 1.12 bits per heavy atom. The summed E-state index contributed by atoms with van der Waals surface area (Å²) in [6.07, 6.45) is 2.26. The molecule has 0 aliphatic carbocycles. The molecule has 0 amide bonds. The minimum absolute atomic E-state index is 0.00720. The Morgan fingerprint density at radius 3 is 2.47 bits per heavy atom. The lowest BCUT2D eigenvalue weighted by Gasteiger charge is -2.38. The van der Waals surface area contributed by atoms with Gasteiger partial charge in [0.15, 0.2) is 0 Å². The SMILES string of the molecule is Cc1cc(C(C[C@H](c2ccc(N3CC(C(=O)O)C3)cc2)c2ccccc2C)=NO)ccn1. The molecule has 6 nitrogen and oxygen atoms in total. The summed E-state index contributed by atoms with van der Waals surface area (Å²) in [6.45, 7) is 5.09. The molecule has 1 saturated heterocycles. The molecule has 0 saturated carbocycles. The molecular formula is C26H27N3O3. The van der Waals surface area contributed by atoms with Gasteiger partial charge >= 0.3 is 5.97 Å². The highest BCUT2D eigenvalue weighted by molar-refractivity contribution is 6.01. The molecule has 0 bridgehead atoms. The van der Waals surface area contributed by atoms with E-state index in [1.54, 1.807) is 6.20 Å². The molecule has 1 aliphatic rings. The van der Waals surface area contributed by atoms with E-state index in [1.165, 1.54) is 11.1 Å². The quantitative estimate of drug-likeness (QED) is 0.325. The lowest BCUT2D eigenvalue weighted by molar-refractivity contribution is -0.142. The Kier molecular flexibility index (Phi) is 6.21. The Balaban J connectivity index is 1.63. The first-order chi connectivity index (χ1) is 15.5. The number of aliphatic carboxylic acids is 1. The van der Waals surface area contributed by atoms with Gasteiger partial charge < -0.3 is 15.2 Å². The van der Waals surface area contributed by atoms with Gasteiger partial charge in [-0.25, -0.2) is 0 Å². The number of carboxylic acid groups (broad SMARTS) is 1. The second kappa shape index (κ2) is 9.22. The maximum atomic E-state index is 11.1. The van der Waals surface area contributed by atoms with E-state index in [9.17, 15) is 10.0 Å². The minimum atomic E-state index is -0.736. The summed E-state index contributed by atoms with van der Waals surface area (Å²) in [5.74, 6) is -1.02. The fourth-order valence-corrected chi connectivity index (χ4v) is 4.28. The smallest absolute Gasteiger partial charge is 0.310 e. The molecular weight excluding hydrogens is 402 g/mol. The summed E-state index contributed by atoms with van der Waals surface area (Å²) in [5.41, 5.74) is 6.84. The van der Waals surface area contributed by atoms with Crippen molar-refractivity contribution in [2.24, 2.45) is 11.1 Å². The van der Waals surface area contributed by atoms with Crippen molar-refractivity contribution in [2.75, 3.05) is 18.0 Å². The fraction of sp³-hybridized carbons (Fsp3) is 0.269. The third kappa shape index (κ3) is 4.49. The van der Waals surface area contributed by atoms with E-state index in [2.05, 4.69) is 46.2 Å². The summed E-state index contributed by atoms with van der Waals surface area (Å²) in [7, 11) is 0. The van der Waals surface area contributed by atoms with Crippen LogP contribution in [-0.2, 0) is 4.79 Å². The molecule has 2 N–H and O–H groups in total. The molecule has 2 aromatic carbocycles. The highest BCUT2D eigenvalue weighted by Gasteiger charge is 2.32. The number of anilines is 1. The van der Waals surface area contributed by atoms with E-state index in [1.807, 2.05) is 43.3 Å². The van der Waals surface area contributed by atoms with Crippen molar-refractivity contribution in [1.29, 1.82) is 0 Å². The Morgan fingerprint density at radius 2 is 1.84 bits per heavy atom. The van der Waals surface area contributed by atoms with Crippen LogP contribution in [0.5, 0.6) is 0 Å². The molecule has 2 heterocycles. The number of aromatic nitrogens is 1. The standard InChI is InChI=1S/C26H27N3O3/c1-17-5-3-4-6-23(17)24(14-25(28-32)20-11-12-27-18(2)13-20)19-7-9-22(10-8-19)29-15-21(16-29)26(30)31/h3-13,21,24,32H,14-16H2,1-2H3,(H,30,31)/t24-/m1/s1. The zero-order valence-corrected chi connectivity index (χ0v) is 18.3. The van der Waals surface area contributed by atoms with Crippen LogP contribution in [0.3, 0.4) is 0 Å². The zero-order chi connectivity index (χ0) is 22.7. The molecule has 0 spiro atoms. The second-order valence-corrected chi connectivity index (χ2v) is 8.38. The third-order valence-corrected chi connectivity index (χ3v) is 6.20. The number of aryl methyl sites for hydroxylation is 2. The van der Waals surface area contributed by atoms with Crippen LogP contribution < -0.4 is 4.90 Å². The molecule has 6 heteroatoms. The van der Waals surface area contributed by atoms with Crippen LogP contribution in [0.4, 0.5) is 5.69 Å². The Bertz CT molecular complexity index is 1140. The average Bonchev–Trinajstić information content (AvgIpc) is 2.75. The van der Waals surface area contributed by atoms with Crippen LogP contribution >= 0.6 is 0 Å². The highest BCUT2D eigenvalue weighted by atomic mass is 16.4. The van der Waals surface area contributed by atoms with E-state index in [0.717, 1.165) is 22.5 Å². The van der Waals surface area contributed by atoms with Crippen LogP contribution in [0.1, 0.15) is 40.3 Å². The van der Waals surface area contributed by atoms with Crippen LogP contribution in [-0.4, -0.2) is 40.1 Å². The topological polar surface area (TPSA) is 86.0 Å². The molecule has 1 aromatic heterocycles. The number of carbonyl (C=O) groups is 1. The monoisotopic (exact) mass is 429 g/mol. The average molecular weight is 430 g/mol. The van der Waals surface area contributed by atoms with Crippen molar-refractivity contribution in [2.45, 2.75) is 26.2 Å². The van der Waals surface area contributed by atoms with E-state index >= 15 is 0 Å². The fourth-order valence-electron chi connectivity index (χ4n) is 4.28. The maximum Gasteiger partial charge on any atom is 0.310 e. The molecule has 1 aliphatic heterocycles. The van der Waals surface area contributed by atoms with Gasteiger partial charge in [0.25, 0.3) is 0 Å². The van der Waals surface area contributed by atoms with Gasteiger partial charge in [-0.05, 0) is 54.8 Å². The molecule has 0 radical (unpaired) electrons. The largest absolute Gasteiger partial charge is 0.481 e.